The van der Waals surface area contributed by atoms with Gasteiger partial charge in [0.2, 0.25) is 10.0 Å². The summed E-state index contributed by atoms with van der Waals surface area (Å²) < 4.78 is 31.9. The number of hydrogen-bond acceptors (Lipinski definition) is 5. The van der Waals surface area contributed by atoms with E-state index < -0.39 is 10.0 Å². The lowest BCUT2D eigenvalue weighted by molar-refractivity contribution is 0.298. The van der Waals surface area contributed by atoms with E-state index >= 15 is 0 Å². The van der Waals surface area contributed by atoms with Gasteiger partial charge in [0.05, 0.1) is 12.0 Å². The Morgan fingerprint density at radius 2 is 2.16 bits per heavy atom. The fourth-order valence-corrected chi connectivity index (χ4v) is 3.33. The molecule has 1 aromatic rings. The van der Waals surface area contributed by atoms with Crippen LogP contribution in [0.1, 0.15) is 5.56 Å². The van der Waals surface area contributed by atoms with Gasteiger partial charge in [0.1, 0.15) is 5.75 Å². The van der Waals surface area contributed by atoms with Crippen molar-refractivity contribution in [2.45, 2.75) is 11.3 Å². The van der Waals surface area contributed by atoms with Crippen LogP contribution in [0.4, 0.5) is 0 Å². The van der Waals surface area contributed by atoms with Crippen LogP contribution in [0.5, 0.6) is 5.75 Å². The maximum absolute atomic E-state index is 12.2. The molecule has 108 valence electrons. The molecule has 0 unspecified atom stereocenters. The molecule has 0 spiro atoms. The summed E-state index contributed by atoms with van der Waals surface area (Å²) >= 11 is 1.57. The van der Waals surface area contributed by atoms with Crippen LogP contribution in [0.15, 0.2) is 23.1 Å². The highest BCUT2D eigenvalue weighted by molar-refractivity contribution is 7.98. The summed E-state index contributed by atoms with van der Waals surface area (Å²) in [6, 6.07) is 4.74. The number of aliphatic hydroxyl groups is 1. The lowest BCUT2D eigenvalue weighted by Gasteiger charge is -2.12. The number of nitrogens with one attached hydrogen (secondary N) is 1. The van der Waals surface area contributed by atoms with Gasteiger partial charge in [0.15, 0.2) is 0 Å². The zero-order valence-electron chi connectivity index (χ0n) is 11.0. The van der Waals surface area contributed by atoms with Crippen molar-refractivity contribution in [2.24, 2.45) is 0 Å². The van der Waals surface area contributed by atoms with Gasteiger partial charge in [-0.3, -0.25) is 0 Å². The zero-order valence-corrected chi connectivity index (χ0v) is 12.7. The predicted octanol–water partition coefficient (Wildman–Crippen LogP) is 0.871. The minimum atomic E-state index is -3.54. The van der Waals surface area contributed by atoms with Crippen molar-refractivity contribution in [3.8, 4) is 5.75 Å². The molecule has 0 fully saturated rings. The molecule has 0 aliphatic heterocycles. The summed E-state index contributed by atoms with van der Waals surface area (Å²) in [5.74, 6) is 1.29. The van der Waals surface area contributed by atoms with Crippen LogP contribution >= 0.6 is 11.8 Å². The van der Waals surface area contributed by atoms with Crippen LogP contribution in [-0.4, -0.2) is 45.8 Å². The van der Waals surface area contributed by atoms with Gasteiger partial charge in [-0.25, -0.2) is 13.1 Å². The van der Waals surface area contributed by atoms with Crippen LogP contribution in [0.25, 0.3) is 0 Å². The smallest absolute Gasteiger partial charge is 0.240 e. The Balaban J connectivity index is 3.03. The number of hydrogen-bond donors (Lipinski definition) is 2. The van der Waals surface area contributed by atoms with Gasteiger partial charge in [-0.15, -0.1) is 0 Å². The largest absolute Gasteiger partial charge is 0.497 e. The topological polar surface area (TPSA) is 75.6 Å². The molecule has 0 aromatic heterocycles. The molecule has 0 heterocycles. The Morgan fingerprint density at radius 1 is 1.42 bits per heavy atom. The molecule has 0 saturated heterocycles. The third-order valence-electron chi connectivity index (χ3n) is 2.54. The van der Waals surface area contributed by atoms with E-state index in [4.69, 9.17) is 9.84 Å². The van der Waals surface area contributed by atoms with Crippen molar-refractivity contribution < 1.29 is 18.3 Å². The number of ether oxygens (including phenoxy) is 1. The number of sulfonamides is 1. The van der Waals surface area contributed by atoms with Gasteiger partial charge in [-0.1, -0.05) is 0 Å². The number of aliphatic hydroxyl groups excluding tert-OH is 1. The fraction of sp³-hybridized carbons (Fsp3) is 0.500. The maximum Gasteiger partial charge on any atom is 0.240 e. The summed E-state index contributed by atoms with van der Waals surface area (Å²) in [5, 5.41) is 9.03. The quantitative estimate of drug-likeness (QED) is 0.697. The standard InChI is InChI=1S/C12H19NO4S2/c1-17-11-3-4-12(10(9-11)5-7-14)19(15,16)13-6-8-18-2/h3-4,9,13-14H,5-8H2,1-2H3. The van der Waals surface area contributed by atoms with E-state index in [0.717, 1.165) is 0 Å². The van der Waals surface area contributed by atoms with Crippen LogP contribution < -0.4 is 9.46 Å². The highest BCUT2D eigenvalue weighted by Gasteiger charge is 2.18. The Bertz CT molecular complexity index is 502. The molecule has 0 aliphatic carbocycles. The molecular weight excluding hydrogens is 286 g/mol. The second-order valence-electron chi connectivity index (χ2n) is 3.84. The molecule has 5 nitrogen and oxygen atoms in total. The molecule has 2 N–H and O–H groups in total. The fourth-order valence-electron chi connectivity index (χ4n) is 1.62. The van der Waals surface area contributed by atoms with Crippen molar-refractivity contribution in [3.05, 3.63) is 23.8 Å². The molecule has 0 saturated carbocycles. The lowest BCUT2D eigenvalue weighted by atomic mass is 10.1. The monoisotopic (exact) mass is 305 g/mol. The van der Waals surface area contributed by atoms with E-state index in [-0.39, 0.29) is 17.9 Å². The van der Waals surface area contributed by atoms with Crippen LogP contribution in [0, 0.1) is 0 Å². The molecule has 1 aromatic carbocycles. The first-order valence-electron chi connectivity index (χ1n) is 5.81. The molecular formula is C12H19NO4S2. The third-order valence-corrected chi connectivity index (χ3v) is 4.71. The minimum Gasteiger partial charge on any atom is -0.497 e. The molecule has 1 rings (SSSR count). The first kappa shape index (κ1) is 16.3. The van der Waals surface area contributed by atoms with Crippen molar-refractivity contribution >= 4 is 21.8 Å². The number of benzene rings is 1. The van der Waals surface area contributed by atoms with Crippen LogP contribution in [0.2, 0.25) is 0 Å². The molecule has 0 amide bonds. The average molecular weight is 305 g/mol. The number of rotatable bonds is 8. The average Bonchev–Trinajstić information content (AvgIpc) is 2.39. The summed E-state index contributed by atoms with van der Waals surface area (Å²) in [5.41, 5.74) is 0.554. The van der Waals surface area contributed by atoms with Crippen molar-refractivity contribution in [3.63, 3.8) is 0 Å². The SMILES string of the molecule is COc1ccc(S(=O)(=O)NCCSC)c(CCO)c1. The van der Waals surface area contributed by atoms with Gasteiger partial charge in [-0.2, -0.15) is 11.8 Å². The molecule has 0 radical (unpaired) electrons. The van der Waals surface area contributed by atoms with E-state index in [1.54, 1.807) is 23.9 Å². The normalized spacial score (nSPS) is 11.5. The molecule has 0 atom stereocenters. The van der Waals surface area contributed by atoms with Gasteiger partial charge in [0.25, 0.3) is 0 Å². The van der Waals surface area contributed by atoms with Crippen molar-refractivity contribution in [1.82, 2.24) is 4.72 Å². The molecule has 19 heavy (non-hydrogen) atoms. The number of methoxy groups -OCH3 is 1. The first-order valence-corrected chi connectivity index (χ1v) is 8.69. The van der Waals surface area contributed by atoms with E-state index in [9.17, 15) is 8.42 Å². The van der Waals surface area contributed by atoms with E-state index in [0.29, 0.717) is 23.6 Å². The minimum absolute atomic E-state index is 0.111. The van der Waals surface area contributed by atoms with E-state index in [1.165, 1.54) is 13.2 Å². The van der Waals surface area contributed by atoms with Gasteiger partial charge in [0, 0.05) is 18.9 Å². The lowest BCUT2D eigenvalue weighted by Crippen LogP contribution is -2.27. The molecule has 7 heteroatoms. The van der Waals surface area contributed by atoms with Crippen LogP contribution in [-0.2, 0) is 16.4 Å². The highest BCUT2D eigenvalue weighted by atomic mass is 32.2. The highest BCUT2D eigenvalue weighted by Crippen LogP contribution is 2.22. The Kier molecular flexibility index (Phi) is 6.64. The van der Waals surface area contributed by atoms with Gasteiger partial charge < -0.3 is 9.84 Å². The molecule has 0 aliphatic rings. The Labute approximate surface area is 118 Å². The Hall–Kier alpha value is -0.760. The summed E-state index contributed by atoms with van der Waals surface area (Å²) in [4.78, 5) is 0.198. The van der Waals surface area contributed by atoms with Gasteiger partial charge >= 0.3 is 0 Å². The van der Waals surface area contributed by atoms with E-state index in [1.807, 2.05) is 6.26 Å². The Morgan fingerprint density at radius 3 is 2.74 bits per heavy atom. The van der Waals surface area contributed by atoms with Crippen molar-refractivity contribution in [1.29, 1.82) is 0 Å². The van der Waals surface area contributed by atoms with E-state index in [2.05, 4.69) is 4.72 Å². The third kappa shape index (κ3) is 4.68. The van der Waals surface area contributed by atoms with Crippen molar-refractivity contribution in [2.75, 3.05) is 32.3 Å². The maximum atomic E-state index is 12.2. The second kappa shape index (κ2) is 7.74. The number of thioether (sulfide) groups is 1. The zero-order chi connectivity index (χ0) is 14.3. The van der Waals surface area contributed by atoms with Crippen LogP contribution in [0.3, 0.4) is 0 Å². The van der Waals surface area contributed by atoms with Gasteiger partial charge in [-0.05, 0) is 36.4 Å². The summed E-state index contributed by atoms with van der Waals surface area (Å²) in [6.45, 7) is 0.272. The summed E-state index contributed by atoms with van der Waals surface area (Å²) in [6.07, 6.45) is 2.19. The second-order valence-corrected chi connectivity index (χ2v) is 6.56. The predicted molar refractivity (Wildman–Crippen MR) is 77.4 cm³/mol. The molecule has 0 bridgehead atoms. The first-order chi connectivity index (χ1) is 9.05. The summed E-state index contributed by atoms with van der Waals surface area (Å²) in [7, 11) is -2.02.